The molecular formula is C72H110N16O26. The lowest BCUT2D eigenvalue weighted by Gasteiger charge is -2.33. The van der Waals surface area contributed by atoms with Crippen molar-refractivity contribution in [2.45, 2.75) is 236 Å². The predicted octanol–water partition coefficient (Wildman–Crippen LogP) is -4.83. The number of aromatic nitrogens is 1. The zero-order chi connectivity index (χ0) is 86.0. The summed E-state index contributed by atoms with van der Waals surface area (Å²) in [7, 11) is 1.76. The Bertz CT molecular complexity index is 3760. The fourth-order valence-corrected chi connectivity index (χ4v) is 11.8. The minimum absolute atomic E-state index is 0.0142. The Kier molecular flexibility index (Phi) is 40.6. The van der Waals surface area contributed by atoms with Gasteiger partial charge in [0.05, 0.1) is 25.9 Å². The lowest BCUT2D eigenvalue weighted by atomic mass is 9.94. The summed E-state index contributed by atoms with van der Waals surface area (Å²) < 4.78 is 10.8. The molecule has 0 bridgehead atoms. The fourth-order valence-electron chi connectivity index (χ4n) is 11.8. The van der Waals surface area contributed by atoms with Gasteiger partial charge >= 0.3 is 29.8 Å². The quantitative estimate of drug-likeness (QED) is 0.0227. The summed E-state index contributed by atoms with van der Waals surface area (Å²) in [6, 6.07) is -14.8. The van der Waals surface area contributed by atoms with Crippen LogP contribution in [0.15, 0.2) is 30.5 Å². The van der Waals surface area contributed by atoms with Gasteiger partial charge in [0.1, 0.15) is 72.6 Å². The van der Waals surface area contributed by atoms with E-state index in [9.17, 15) is 117 Å². The van der Waals surface area contributed by atoms with Gasteiger partial charge in [-0.25, -0.2) is 9.59 Å². The van der Waals surface area contributed by atoms with Crippen LogP contribution in [-0.2, 0) is 107 Å². The van der Waals surface area contributed by atoms with Gasteiger partial charge in [-0.2, -0.15) is 0 Å². The number of aromatic amines is 1. The number of carboxylic acids is 4. The van der Waals surface area contributed by atoms with Crippen molar-refractivity contribution in [1.82, 2.24) is 73.7 Å². The van der Waals surface area contributed by atoms with Crippen LogP contribution in [0.25, 0.3) is 10.9 Å². The van der Waals surface area contributed by atoms with Crippen LogP contribution in [0, 0.1) is 17.8 Å². The molecule has 0 radical (unpaired) electrons. The number of nitrogens with two attached hydrogens (primary N) is 2. The Morgan fingerprint density at radius 3 is 1.82 bits per heavy atom. The average Bonchev–Trinajstić information content (AvgIpc) is 1.78. The number of carboxylic acid groups (broad SMARTS) is 4. The smallest absolute Gasteiger partial charge is 0.335 e. The molecule has 1 aliphatic heterocycles. The van der Waals surface area contributed by atoms with E-state index in [1.165, 1.54) is 20.8 Å². The first-order valence-corrected chi connectivity index (χ1v) is 37.2. The van der Waals surface area contributed by atoms with Crippen molar-refractivity contribution < 1.29 is 126 Å². The molecule has 1 aromatic heterocycles. The molecule has 14 amide bonds. The predicted molar refractivity (Wildman–Crippen MR) is 400 cm³/mol. The number of aliphatic hydroxyl groups is 1. The Labute approximate surface area is 656 Å². The van der Waals surface area contributed by atoms with E-state index in [0.717, 1.165) is 54.2 Å². The lowest BCUT2D eigenvalue weighted by Crippen LogP contribution is -2.64. The number of H-pyrrole nitrogens is 1. The van der Waals surface area contributed by atoms with Crippen LogP contribution in [0.2, 0.25) is 0 Å². The highest BCUT2D eigenvalue weighted by atomic mass is 16.5. The normalized spacial score (nSPS) is 22.4. The molecule has 1 saturated heterocycles. The minimum Gasteiger partial charge on any atom is -0.481 e. The van der Waals surface area contributed by atoms with E-state index < -0.39 is 248 Å². The van der Waals surface area contributed by atoms with Crippen molar-refractivity contribution in [2.75, 3.05) is 33.8 Å². The second-order valence-corrected chi connectivity index (χ2v) is 28.4. The van der Waals surface area contributed by atoms with Gasteiger partial charge in [-0.05, 0) is 88.8 Å². The molecule has 1 aromatic carbocycles. The highest BCUT2D eigenvalue weighted by Crippen LogP contribution is 2.22. The standard InChI is InChI=1S/C72H110N16O26/c1-11-35(4)54-72(112)114-39(8)55(85-69(108)56(58(98)60(74)99)86-64(103)44(25-26-50(92)93)81-65(104)45(29-40-31-75-42-22-17-16-21-41(40)42)79-47(89)24-15-13-12-14-20-34(2)3)70(109)88(9)33-49(91)78-37(6)61(100)82-46(30-52(96)97)66(105)80-43(23-18-19-27-73)63(102)87-57(59(113-10)71(110)111)67(106)76-32-48(90)77-38(7)62(101)83-53(68(107)84-54)36(5)28-51(94)95/h16-17,21-22,31,34-39,43-46,53-59,75,98H,11-15,18-20,23-30,32-33,73H2,1-10H3,(H2,74,99)(H,76,106)(H,77,90)(H,78,91)(H,79,89)(H,80,105)(H,81,104)(H,82,100)(H,83,101)(H,84,107)(H,85,108)(H,86,103)(H,87,102)(H,92,93)(H,94,95)(H,96,97)(H,110,111). The highest BCUT2D eigenvalue weighted by Gasteiger charge is 2.44. The highest BCUT2D eigenvalue weighted by molar-refractivity contribution is 6.02. The number of carbonyl (C=O) groups excluding carboxylic acids is 15. The number of ether oxygens (including phenoxy) is 2. The van der Waals surface area contributed by atoms with E-state index in [2.05, 4.69) is 82.6 Å². The molecule has 1 fully saturated rings. The van der Waals surface area contributed by atoms with Crippen LogP contribution in [0.5, 0.6) is 0 Å². The van der Waals surface area contributed by atoms with Crippen molar-refractivity contribution in [3.63, 3.8) is 0 Å². The minimum atomic E-state index is -2.78. The number of aliphatic carboxylic acids is 4. The molecule has 0 saturated carbocycles. The molecule has 42 heteroatoms. The Morgan fingerprint density at radius 2 is 1.23 bits per heavy atom. The van der Waals surface area contributed by atoms with E-state index in [-0.39, 0.29) is 45.1 Å². The molecule has 0 aliphatic carbocycles. The molecule has 3 rings (SSSR count). The molecule has 2 heterocycles. The number of carbonyl (C=O) groups is 19. The second-order valence-electron chi connectivity index (χ2n) is 28.4. The molecule has 16 unspecified atom stereocenters. The number of unbranched alkanes of at least 4 members (excludes halogenated alkanes) is 4. The summed E-state index contributed by atoms with van der Waals surface area (Å²) in [5, 5.41) is 78.7. The number of nitrogens with one attached hydrogen (secondary N) is 13. The molecule has 2 aromatic rings. The maximum Gasteiger partial charge on any atom is 0.335 e. The number of esters is 1. The number of rotatable bonds is 35. The van der Waals surface area contributed by atoms with Crippen molar-refractivity contribution in [3.8, 4) is 0 Å². The van der Waals surface area contributed by atoms with Gasteiger partial charge in [-0.1, -0.05) is 84.9 Å². The summed E-state index contributed by atoms with van der Waals surface area (Å²) in [5.74, 6) is -28.0. The number of likely N-dealkylation sites (N-methyl/N-ethyl adjacent to an activating group) is 1. The van der Waals surface area contributed by atoms with Gasteiger partial charge in [0, 0.05) is 50.5 Å². The Morgan fingerprint density at radius 1 is 0.632 bits per heavy atom. The van der Waals surface area contributed by atoms with Crippen molar-refractivity contribution in [3.05, 3.63) is 36.0 Å². The topological polar surface area (TPSA) is 659 Å². The monoisotopic (exact) mass is 1610 g/mol. The summed E-state index contributed by atoms with van der Waals surface area (Å²) in [6.45, 7) is 9.22. The zero-order valence-corrected chi connectivity index (χ0v) is 65.3. The van der Waals surface area contributed by atoms with Crippen molar-refractivity contribution in [1.29, 1.82) is 0 Å². The van der Waals surface area contributed by atoms with E-state index in [1.54, 1.807) is 30.5 Å². The molecule has 16 atom stereocenters. The lowest BCUT2D eigenvalue weighted by molar-refractivity contribution is -0.159. The third-order valence-corrected chi connectivity index (χ3v) is 18.6. The van der Waals surface area contributed by atoms with E-state index in [1.807, 2.05) is 0 Å². The number of hydrogen-bond acceptors (Lipinski definition) is 23. The summed E-state index contributed by atoms with van der Waals surface area (Å²) in [5.41, 5.74) is 12.4. The maximum atomic E-state index is 15.0. The largest absolute Gasteiger partial charge is 0.481 e. The molecule has 1 aliphatic rings. The molecule has 42 nitrogen and oxygen atoms in total. The number of cyclic esters (lactones) is 1. The zero-order valence-electron chi connectivity index (χ0n) is 65.3. The third kappa shape index (κ3) is 32.0. The number of fused-ring (bicyclic) bond motifs is 1. The summed E-state index contributed by atoms with van der Waals surface area (Å²) in [4.78, 5) is 264. The van der Waals surface area contributed by atoms with Crippen LogP contribution < -0.4 is 75.3 Å². The van der Waals surface area contributed by atoms with Crippen LogP contribution in [0.1, 0.15) is 151 Å². The number of nitrogens with zero attached hydrogens (tertiary/aromatic N) is 1. The Balaban J connectivity index is 2.26. The van der Waals surface area contributed by atoms with Gasteiger partial charge in [0.25, 0.3) is 0 Å². The third-order valence-electron chi connectivity index (χ3n) is 18.6. The number of hydrogen-bond donors (Lipinski definition) is 20. The number of benzene rings is 1. The molecule has 0 spiro atoms. The van der Waals surface area contributed by atoms with Gasteiger partial charge < -0.3 is 120 Å². The SMILES string of the molecule is CCC(C)C1NC(=O)C(C(C)CC(=O)O)NC(=O)C(C)NC(=O)CNC(=O)C(C(OC)C(=O)O)NC(=O)C(CCCCN)NC(=O)C(CC(=O)O)NC(=O)C(C)NC(=O)CN(C)C(=O)C(NC(=O)C(NC(=O)C(CCC(=O)O)NC(=O)C(Cc2c[nH]c3ccccc23)NC(=O)CCCCCCC(C)C)C(O)C(N)=O)C(C)OC1=O. The van der Waals surface area contributed by atoms with Crippen LogP contribution in [0.4, 0.5) is 0 Å². The number of primary amides is 1. The average molecular weight is 1620 g/mol. The van der Waals surface area contributed by atoms with E-state index in [0.29, 0.717) is 40.1 Å². The van der Waals surface area contributed by atoms with E-state index in [4.69, 9.17) is 20.9 Å². The first-order valence-electron chi connectivity index (χ1n) is 37.2. The van der Waals surface area contributed by atoms with Gasteiger partial charge in [-0.15, -0.1) is 0 Å². The molecule has 22 N–H and O–H groups in total. The molecular weight excluding hydrogens is 1500 g/mol. The summed E-state index contributed by atoms with van der Waals surface area (Å²) >= 11 is 0. The van der Waals surface area contributed by atoms with Crippen LogP contribution in [-0.4, -0.2) is 267 Å². The van der Waals surface area contributed by atoms with Gasteiger partial charge in [0.15, 0.2) is 12.2 Å². The van der Waals surface area contributed by atoms with Crippen LogP contribution in [0.3, 0.4) is 0 Å². The summed E-state index contributed by atoms with van der Waals surface area (Å²) in [6.07, 6.45) is -5.59. The second kappa shape index (κ2) is 47.8. The fraction of sp³-hybridized carbons (Fsp3) is 0.625. The molecule has 114 heavy (non-hydrogen) atoms. The number of amides is 14. The van der Waals surface area contributed by atoms with Gasteiger partial charge in [0.2, 0.25) is 82.7 Å². The van der Waals surface area contributed by atoms with Crippen molar-refractivity contribution >= 4 is 123 Å². The maximum absolute atomic E-state index is 15.0. The van der Waals surface area contributed by atoms with E-state index >= 15 is 0 Å². The molecule has 634 valence electrons. The number of methoxy groups -OCH3 is 1. The number of aliphatic hydroxyl groups excluding tert-OH is 1. The van der Waals surface area contributed by atoms with Crippen molar-refractivity contribution in [2.24, 2.45) is 29.2 Å². The first kappa shape index (κ1) is 96.8. The Hall–Kier alpha value is -11.4. The number of para-hydroxylation sites is 1. The first-order chi connectivity index (χ1) is 53.5. The van der Waals surface area contributed by atoms with Gasteiger partial charge in [-0.3, -0.25) is 81.5 Å². The van der Waals surface area contributed by atoms with Crippen LogP contribution >= 0.6 is 0 Å².